The fraction of sp³-hybridized carbons (Fsp3) is 0.429. The van der Waals surface area contributed by atoms with E-state index in [1.54, 1.807) is 0 Å². The normalized spacial score (nSPS) is 15.2. The maximum Gasteiger partial charge on any atom is 0.232 e. The third-order valence-electron chi connectivity index (χ3n) is 4.78. The average Bonchev–Trinajstić information content (AvgIpc) is 3.36. The summed E-state index contributed by atoms with van der Waals surface area (Å²) in [5, 5.41) is 0. The van der Waals surface area contributed by atoms with Gasteiger partial charge in [0.2, 0.25) is 10.0 Å². The Morgan fingerprint density at radius 3 is 1.96 bits per heavy atom. The first-order valence-electron chi connectivity index (χ1n) is 8.82. The number of rotatable bonds is 5. The summed E-state index contributed by atoms with van der Waals surface area (Å²) < 4.78 is 26.1. The van der Waals surface area contributed by atoms with E-state index in [-0.39, 0.29) is 5.41 Å². The van der Waals surface area contributed by atoms with Crippen molar-refractivity contribution in [3.8, 4) is 0 Å². The van der Waals surface area contributed by atoms with E-state index in [2.05, 4.69) is 45.0 Å². The summed E-state index contributed by atoms with van der Waals surface area (Å²) in [7, 11) is -3.34. The van der Waals surface area contributed by atoms with Crippen molar-refractivity contribution in [2.75, 3.05) is 10.6 Å². The molecule has 0 N–H and O–H groups in total. The lowest BCUT2D eigenvalue weighted by molar-refractivity contribution is 0.589. The first kappa shape index (κ1) is 18.0. The number of benzene rings is 2. The minimum Gasteiger partial charge on any atom is -0.266 e. The quantitative estimate of drug-likeness (QED) is 0.769. The predicted molar refractivity (Wildman–Crippen MR) is 105 cm³/mol. The van der Waals surface area contributed by atoms with Crippen molar-refractivity contribution in [1.82, 2.24) is 0 Å². The average molecular weight is 358 g/mol. The van der Waals surface area contributed by atoms with Crippen LogP contribution < -0.4 is 4.31 Å². The largest absolute Gasteiger partial charge is 0.266 e. The zero-order valence-electron chi connectivity index (χ0n) is 15.5. The Morgan fingerprint density at radius 1 is 0.960 bits per heavy atom. The highest BCUT2D eigenvalue weighted by atomic mass is 32.2. The topological polar surface area (TPSA) is 37.4 Å². The van der Waals surface area contributed by atoms with Crippen molar-refractivity contribution in [1.29, 1.82) is 0 Å². The summed E-state index contributed by atoms with van der Waals surface area (Å²) in [4.78, 5) is 0. The van der Waals surface area contributed by atoms with Crippen molar-refractivity contribution in [2.24, 2.45) is 0 Å². The van der Waals surface area contributed by atoms with E-state index in [4.69, 9.17) is 0 Å². The maximum absolute atomic E-state index is 12.3. The molecule has 1 saturated carbocycles. The van der Waals surface area contributed by atoms with Gasteiger partial charge in [0.05, 0.1) is 18.5 Å². The molecule has 0 bridgehead atoms. The van der Waals surface area contributed by atoms with Gasteiger partial charge in [-0.05, 0) is 53.0 Å². The van der Waals surface area contributed by atoms with E-state index in [0.717, 1.165) is 11.3 Å². The van der Waals surface area contributed by atoms with Crippen molar-refractivity contribution in [3.05, 3.63) is 65.2 Å². The minimum absolute atomic E-state index is 0.0910. The van der Waals surface area contributed by atoms with Crippen molar-refractivity contribution < 1.29 is 8.42 Å². The van der Waals surface area contributed by atoms with Crippen LogP contribution in [-0.4, -0.2) is 14.7 Å². The third kappa shape index (κ3) is 4.43. The highest BCUT2D eigenvalue weighted by Crippen LogP contribution is 2.40. The van der Waals surface area contributed by atoms with Crippen LogP contribution in [0.15, 0.2) is 48.5 Å². The second kappa shape index (κ2) is 6.49. The molecule has 0 unspecified atom stereocenters. The highest BCUT2D eigenvalue weighted by Gasteiger charge is 2.24. The van der Waals surface area contributed by atoms with Crippen LogP contribution in [0.25, 0.3) is 0 Å². The summed E-state index contributed by atoms with van der Waals surface area (Å²) in [6.07, 6.45) is 3.76. The van der Waals surface area contributed by atoms with Crippen LogP contribution in [0.3, 0.4) is 0 Å². The summed E-state index contributed by atoms with van der Waals surface area (Å²) in [5.74, 6) is 0.672. The molecule has 1 fully saturated rings. The van der Waals surface area contributed by atoms with Gasteiger partial charge in [-0.25, -0.2) is 8.42 Å². The molecule has 3 nitrogen and oxygen atoms in total. The van der Waals surface area contributed by atoms with Crippen LogP contribution >= 0.6 is 0 Å². The fourth-order valence-electron chi connectivity index (χ4n) is 3.01. The van der Waals surface area contributed by atoms with Crippen molar-refractivity contribution in [2.45, 2.75) is 51.5 Å². The van der Waals surface area contributed by atoms with Gasteiger partial charge in [-0.1, -0.05) is 57.2 Å². The van der Waals surface area contributed by atoms with Gasteiger partial charge in [-0.15, -0.1) is 0 Å². The number of anilines is 1. The zero-order chi connectivity index (χ0) is 18.2. The molecule has 4 heteroatoms. The fourth-order valence-corrected chi connectivity index (χ4v) is 3.89. The Bertz CT molecular complexity index is 827. The van der Waals surface area contributed by atoms with Crippen LogP contribution in [0.1, 0.15) is 56.2 Å². The standard InChI is InChI=1S/C21H27NO2S/c1-21(2,3)19-11-5-16(6-12-19)15-22(25(4,23)24)20-13-9-18(10-14-20)17-7-8-17/h5-6,9-14,17H,7-8,15H2,1-4H3. The Balaban J connectivity index is 1.84. The number of hydrogen-bond donors (Lipinski definition) is 0. The molecular formula is C21H27NO2S. The SMILES string of the molecule is CC(C)(C)c1ccc(CN(c2ccc(C3CC3)cc2)S(C)(=O)=O)cc1. The number of nitrogens with zero attached hydrogens (tertiary/aromatic N) is 1. The van der Waals surface area contributed by atoms with Crippen LogP contribution in [0.5, 0.6) is 0 Å². The Hall–Kier alpha value is -1.81. The molecule has 134 valence electrons. The Morgan fingerprint density at radius 2 is 1.52 bits per heavy atom. The van der Waals surface area contributed by atoms with E-state index in [0.29, 0.717) is 12.5 Å². The predicted octanol–water partition coefficient (Wildman–Crippen LogP) is 4.83. The summed E-state index contributed by atoms with van der Waals surface area (Å²) >= 11 is 0. The summed E-state index contributed by atoms with van der Waals surface area (Å²) in [6.45, 7) is 6.87. The molecule has 0 aromatic heterocycles. The molecule has 2 aromatic carbocycles. The molecule has 3 rings (SSSR count). The van der Waals surface area contributed by atoms with E-state index in [1.165, 1.54) is 34.5 Å². The smallest absolute Gasteiger partial charge is 0.232 e. The highest BCUT2D eigenvalue weighted by molar-refractivity contribution is 7.92. The third-order valence-corrected chi connectivity index (χ3v) is 5.92. The van der Waals surface area contributed by atoms with Gasteiger partial charge in [0.15, 0.2) is 0 Å². The second-order valence-electron chi connectivity index (χ2n) is 8.08. The Kier molecular flexibility index (Phi) is 4.67. The first-order chi connectivity index (χ1) is 11.6. The molecule has 1 aliphatic rings. The van der Waals surface area contributed by atoms with Gasteiger partial charge in [0.1, 0.15) is 0 Å². The summed E-state index contributed by atoms with van der Waals surface area (Å²) in [6, 6.07) is 16.2. The molecular weight excluding hydrogens is 330 g/mol. The molecule has 0 radical (unpaired) electrons. The first-order valence-corrected chi connectivity index (χ1v) is 10.7. The molecule has 1 aliphatic carbocycles. The van der Waals surface area contributed by atoms with Crippen molar-refractivity contribution in [3.63, 3.8) is 0 Å². The molecule has 0 saturated heterocycles. The summed E-state index contributed by atoms with van der Waals surface area (Å²) in [5.41, 5.74) is 4.37. The van der Waals surface area contributed by atoms with E-state index in [1.807, 2.05) is 24.3 Å². The molecule has 0 aliphatic heterocycles. The van der Waals surface area contributed by atoms with Crippen molar-refractivity contribution >= 4 is 15.7 Å². The van der Waals surface area contributed by atoms with E-state index >= 15 is 0 Å². The molecule has 25 heavy (non-hydrogen) atoms. The van der Waals surface area contributed by atoms with Crippen LogP contribution in [-0.2, 0) is 22.0 Å². The monoisotopic (exact) mass is 357 g/mol. The van der Waals surface area contributed by atoms with Gasteiger partial charge in [-0.2, -0.15) is 0 Å². The zero-order valence-corrected chi connectivity index (χ0v) is 16.3. The maximum atomic E-state index is 12.3. The van der Waals surface area contributed by atoms with Gasteiger partial charge in [0.25, 0.3) is 0 Å². The van der Waals surface area contributed by atoms with Gasteiger partial charge in [0, 0.05) is 0 Å². The van der Waals surface area contributed by atoms with E-state index < -0.39 is 10.0 Å². The molecule has 0 amide bonds. The minimum atomic E-state index is -3.34. The lowest BCUT2D eigenvalue weighted by Crippen LogP contribution is -2.29. The lowest BCUT2D eigenvalue weighted by Gasteiger charge is -2.24. The number of hydrogen-bond acceptors (Lipinski definition) is 2. The van der Waals surface area contributed by atoms with Crippen LogP contribution in [0.4, 0.5) is 5.69 Å². The van der Waals surface area contributed by atoms with Crippen LogP contribution in [0.2, 0.25) is 0 Å². The van der Waals surface area contributed by atoms with Gasteiger partial charge >= 0.3 is 0 Å². The molecule has 0 heterocycles. The van der Waals surface area contributed by atoms with Crippen LogP contribution in [0, 0.1) is 0 Å². The van der Waals surface area contributed by atoms with Gasteiger partial charge < -0.3 is 0 Å². The lowest BCUT2D eigenvalue weighted by atomic mass is 9.87. The Labute approximate surface area is 151 Å². The van der Waals surface area contributed by atoms with Gasteiger partial charge in [-0.3, -0.25) is 4.31 Å². The van der Waals surface area contributed by atoms with E-state index in [9.17, 15) is 8.42 Å². The second-order valence-corrected chi connectivity index (χ2v) is 9.99. The molecule has 2 aromatic rings. The molecule has 0 atom stereocenters. The molecule has 0 spiro atoms. The number of sulfonamides is 1.